The van der Waals surface area contributed by atoms with E-state index in [1.807, 2.05) is 18.7 Å². The molecule has 2 rings (SSSR count). The fraction of sp³-hybridized carbons (Fsp3) is 0.500. The Labute approximate surface area is 114 Å². The first-order valence-corrected chi connectivity index (χ1v) is 6.69. The topological polar surface area (TPSA) is 44.0 Å². The van der Waals surface area contributed by atoms with E-state index in [2.05, 4.69) is 37.8 Å². The average molecular weight is 262 g/mol. The van der Waals surface area contributed by atoms with Crippen LogP contribution in [0.25, 0.3) is 0 Å². The molecule has 0 amide bonds. The zero-order valence-electron chi connectivity index (χ0n) is 11.5. The van der Waals surface area contributed by atoms with Crippen molar-refractivity contribution in [2.45, 2.75) is 26.1 Å². The van der Waals surface area contributed by atoms with Gasteiger partial charge in [0.1, 0.15) is 0 Å². The van der Waals surface area contributed by atoms with Gasteiger partial charge >= 0.3 is 0 Å². The molecule has 104 valence electrons. The van der Waals surface area contributed by atoms with Crippen LogP contribution in [0.3, 0.4) is 0 Å². The highest BCUT2D eigenvalue weighted by molar-refractivity contribution is 5.06. The van der Waals surface area contributed by atoms with Gasteiger partial charge in [0.25, 0.3) is 0 Å². The smallest absolute Gasteiger partial charge is 0.0945 e. The Morgan fingerprint density at radius 3 is 3.05 bits per heavy atom. The van der Waals surface area contributed by atoms with E-state index in [1.54, 1.807) is 7.11 Å². The van der Waals surface area contributed by atoms with Crippen molar-refractivity contribution in [1.29, 1.82) is 0 Å². The van der Waals surface area contributed by atoms with Gasteiger partial charge < -0.3 is 19.2 Å². The molecule has 0 unspecified atom stereocenters. The lowest BCUT2D eigenvalue weighted by atomic mass is 10.3. The summed E-state index contributed by atoms with van der Waals surface area (Å²) in [5.41, 5.74) is 1.32. The van der Waals surface area contributed by atoms with Crippen molar-refractivity contribution >= 4 is 0 Å². The number of aryl methyl sites for hydroxylation is 2. The van der Waals surface area contributed by atoms with Crippen LogP contribution in [-0.2, 0) is 24.4 Å². The van der Waals surface area contributed by atoms with Crippen molar-refractivity contribution in [1.82, 2.24) is 19.4 Å². The van der Waals surface area contributed by atoms with Crippen molar-refractivity contribution in [3.05, 3.63) is 42.7 Å². The Kier molecular flexibility index (Phi) is 5.65. The second-order valence-corrected chi connectivity index (χ2v) is 4.52. The van der Waals surface area contributed by atoms with Crippen molar-refractivity contribution in [3.8, 4) is 0 Å². The van der Waals surface area contributed by atoms with Gasteiger partial charge in [-0.15, -0.1) is 0 Å². The van der Waals surface area contributed by atoms with Crippen LogP contribution < -0.4 is 5.32 Å². The lowest BCUT2D eigenvalue weighted by Crippen LogP contribution is -2.20. The van der Waals surface area contributed by atoms with Crippen LogP contribution in [0, 0.1) is 0 Å². The van der Waals surface area contributed by atoms with E-state index in [9.17, 15) is 0 Å². The van der Waals surface area contributed by atoms with Gasteiger partial charge in [0.2, 0.25) is 0 Å². The molecule has 0 aliphatic carbocycles. The van der Waals surface area contributed by atoms with Crippen LogP contribution >= 0.6 is 0 Å². The lowest BCUT2D eigenvalue weighted by Gasteiger charge is -2.10. The van der Waals surface area contributed by atoms with Crippen molar-refractivity contribution < 1.29 is 4.74 Å². The van der Waals surface area contributed by atoms with E-state index >= 15 is 0 Å². The molecule has 19 heavy (non-hydrogen) atoms. The predicted octanol–water partition coefficient (Wildman–Crippen LogP) is 1.51. The SMILES string of the molecule is COCCNCc1cccn1CCCn1ccnc1. The molecule has 0 aliphatic heterocycles. The maximum atomic E-state index is 5.02. The molecule has 0 bridgehead atoms. The zero-order chi connectivity index (χ0) is 13.3. The van der Waals surface area contributed by atoms with Gasteiger partial charge in [-0.05, 0) is 18.6 Å². The van der Waals surface area contributed by atoms with Gasteiger partial charge in [-0.25, -0.2) is 4.98 Å². The quantitative estimate of drug-likeness (QED) is 0.697. The fourth-order valence-corrected chi connectivity index (χ4v) is 2.06. The molecular weight excluding hydrogens is 240 g/mol. The summed E-state index contributed by atoms with van der Waals surface area (Å²) >= 11 is 0. The molecule has 2 aromatic rings. The summed E-state index contributed by atoms with van der Waals surface area (Å²) in [5.74, 6) is 0. The summed E-state index contributed by atoms with van der Waals surface area (Å²) in [6.07, 6.45) is 8.93. The van der Waals surface area contributed by atoms with E-state index in [-0.39, 0.29) is 0 Å². The van der Waals surface area contributed by atoms with E-state index < -0.39 is 0 Å². The number of imidazole rings is 1. The molecule has 2 aromatic heterocycles. The minimum atomic E-state index is 0.751. The highest BCUT2D eigenvalue weighted by atomic mass is 16.5. The Balaban J connectivity index is 1.72. The third-order valence-electron chi connectivity index (χ3n) is 3.09. The largest absolute Gasteiger partial charge is 0.383 e. The summed E-state index contributed by atoms with van der Waals surface area (Å²) < 4.78 is 9.43. The van der Waals surface area contributed by atoms with E-state index in [0.717, 1.165) is 39.2 Å². The summed E-state index contributed by atoms with van der Waals surface area (Å²) in [6, 6.07) is 4.27. The number of aromatic nitrogens is 3. The molecule has 0 fully saturated rings. The first-order valence-electron chi connectivity index (χ1n) is 6.69. The van der Waals surface area contributed by atoms with E-state index in [0.29, 0.717) is 0 Å². The molecule has 0 saturated carbocycles. The van der Waals surface area contributed by atoms with Crippen LogP contribution in [-0.4, -0.2) is 34.4 Å². The third-order valence-corrected chi connectivity index (χ3v) is 3.09. The predicted molar refractivity (Wildman–Crippen MR) is 74.9 cm³/mol. The van der Waals surface area contributed by atoms with E-state index in [4.69, 9.17) is 4.74 Å². The van der Waals surface area contributed by atoms with Crippen LogP contribution in [0.15, 0.2) is 37.1 Å². The highest BCUT2D eigenvalue weighted by Gasteiger charge is 2.00. The monoisotopic (exact) mass is 262 g/mol. The lowest BCUT2D eigenvalue weighted by molar-refractivity contribution is 0.199. The minimum Gasteiger partial charge on any atom is -0.383 e. The number of hydrogen-bond acceptors (Lipinski definition) is 3. The van der Waals surface area contributed by atoms with Crippen molar-refractivity contribution in [2.24, 2.45) is 0 Å². The highest BCUT2D eigenvalue weighted by Crippen LogP contribution is 2.04. The Morgan fingerprint density at radius 2 is 2.26 bits per heavy atom. The van der Waals surface area contributed by atoms with Crippen LogP contribution in [0.4, 0.5) is 0 Å². The Hall–Kier alpha value is -1.59. The number of rotatable bonds is 9. The maximum absolute atomic E-state index is 5.02. The van der Waals surface area contributed by atoms with E-state index in [1.165, 1.54) is 5.69 Å². The maximum Gasteiger partial charge on any atom is 0.0945 e. The summed E-state index contributed by atoms with van der Waals surface area (Å²) in [4.78, 5) is 4.05. The average Bonchev–Trinajstić information content (AvgIpc) is 3.07. The Bertz CT molecular complexity index is 450. The fourth-order valence-electron chi connectivity index (χ4n) is 2.06. The second kappa shape index (κ2) is 7.76. The van der Waals surface area contributed by atoms with Crippen molar-refractivity contribution in [3.63, 3.8) is 0 Å². The van der Waals surface area contributed by atoms with Crippen molar-refractivity contribution in [2.75, 3.05) is 20.3 Å². The number of nitrogens with zero attached hydrogens (tertiary/aromatic N) is 3. The molecule has 2 heterocycles. The molecule has 0 spiro atoms. The molecule has 1 N–H and O–H groups in total. The van der Waals surface area contributed by atoms with Crippen LogP contribution in [0.1, 0.15) is 12.1 Å². The van der Waals surface area contributed by atoms with Crippen LogP contribution in [0.5, 0.6) is 0 Å². The zero-order valence-corrected chi connectivity index (χ0v) is 11.5. The van der Waals surface area contributed by atoms with Gasteiger partial charge in [0.15, 0.2) is 0 Å². The molecule has 0 radical (unpaired) electrons. The van der Waals surface area contributed by atoms with Gasteiger partial charge in [0.05, 0.1) is 12.9 Å². The minimum absolute atomic E-state index is 0.751. The molecule has 0 atom stereocenters. The normalized spacial score (nSPS) is 11.0. The van der Waals surface area contributed by atoms with Crippen LogP contribution in [0.2, 0.25) is 0 Å². The molecule has 5 heteroatoms. The standard InChI is InChI=1S/C14H22N4O/c1-19-11-6-15-12-14-4-2-8-18(14)9-3-7-17-10-5-16-13-17/h2,4-5,8,10,13,15H,3,6-7,9,11-12H2,1H3. The van der Waals surface area contributed by atoms with Gasteiger partial charge in [-0.3, -0.25) is 0 Å². The Morgan fingerprint density at radius 1 is 1.32 bits per heavy atom. The molecular formula is C14H22N4O. The van der Waals surface area contributed by atoms with Gasteiger partial charge in [-0.2, -0.15) is 0 Å². The molecule has 5 nitrogen and oxygen atoms in total. The van der Waals surface area contributed by atoms with Gasteiger partial charge in [0, 0.05) is 57.6 Å². The molecule has 0 aromatic carbocycles. The second-order valence-electron chi connectivity index (χ2n) is 4.52. The first kappa shape index (κ1) is 13.8. The number of hydrogen-bond donors (Lipinski definition) is 1. The number of methoxy groups -OCH3 is 1. The molecule has 0 saturated heterocycles. The summed E-state index contributed by atoms with van der Waals surface area (Å²) in [5, 5.41) is 3.37. The summed E-state index contributed by atoms with van der Waals surface area (Å²) in [6.45, 7) is 4.57. The molecule has 0 aliphatic rings. The first-order chi connectivity index (χ1) is 9.40. The van der Waals surface area contributed by atoms with Gasteiger partial charge in [-0.1, -0.05) is 0 Å². The number of nitrogens with one attached hydrogen (secondary N) is 1. The third kappa shape index (κ3) is 4.54. The number of ether oxygens (including phenoxy) is 1. The summed E-state index contributed by atoms with van der Waals surface area (Å²) in [7, 11) is 1.72.